The van der Waals surface area contributed by atoms with Gasteiger partial charge in [0.15, 0.2) is 0 Å². The van der Waals surface area contributed by atoms with Gasteiger partial charge in [0.05, 0.1) is 0 Å². The number of sulfonamides is 1. The van der Waals surface area contributed by atoms with Crippen molar-refractivity contribution in [2.75, 3.05) is 13.6 Å². The van der Waals surface area contributed by atoms with Crippen LogP contribution in [-0.4, -0.2) is 26.3 Å². The van der Waals surface area contributed by atoms with E-state index in [1.165, 1.54) is 4.31 Å². The van der Waals surface area contributed by atoms with Gasteiger partial charge in [0.2, 0.25) is 10.0 Å². The maximum atomic E-state index is 11.3. The molecule has 0 rings (SSSR count). The Labute approximate surface area is 81.5 Å². The Morgan fingerprint density at radius 2 is 1.85 bits per heavy atom. The molecule has 0 aliphatic rings. The smallest absolute Gasteiger partial charge is 0.208 e. The van der Waals surface area contributed by atoms with Crippen LogP contribution < -0.4 is 0 Å². The van der Waals surface area contributed by atoms with Crippen LogP contribution in [0.1, 0.15) is 20.8 Å². The zero-order valence-electron chi connectivity index (χ0n) is 8.82. The topological polar surface area (TPSA) is 37.4 Å². The van der Waals surface area contributed by atoms with E-state index in [0.717, 1.165) is 5.41 Å². The fourth-order valence-corrected chi connectivity index (χ4v) is 1.54. The van der Waals surface area contributed by atoms with Crippen molar-refractivity contribution < 1.29 is 8.42 Å². The Morgan fingerprint density at radius 1 is 1.38 bits per heavy atom. The molecule has 0 bridgehead atoms. The van der Waals surface area contributed by atoms with E-state index < -0.39 is 10.0 Å². The fraction of sp³-hybridized carbons (Fsp3) is 0.778. The average molecular weight is 205 g/mol. The van der Waals surface area contributed by atoms with E-state index in [-0.39, 0.29) is 0 Å². The molecule has 3 nitrogen and oxygen atoms in total. The van der Waals surface area contributed by atoms with Crippen LogP contribution in [0.3, 0.4) is 0 Å². The highest BCUT2D eigenvalue weighted by atomic mass is 32.2. The number of rotatable bonds is 5. The van der Waals surface area contributed by atoms with Gasteiger partial charge in [-0.2, -0.15) is 0 Å². The largest absolute Gasteiger partial charge is 0.235 e. The molecule has 0 fully saturated rings. The number of hydrogen-bond acceptors (Lipinski definition) is 2. The Morgan fingerprint density at radius 3 is 2.15 bits per heavy atom. The normalized spacial score (nSPS) is 14.9. The summed E-state index contributed by atoms with van der Waals surface area (Å²) in [5, 5.41) is 0.986. The molecular weight excluding hydrogens is 186 g/mol. The summed E-state index contributed by atoms with van der Waals surface area (Å²) in [5.41, 5.74) is 0. The minimum Gasteiger partial charge on any atom is -0.208 e. The molecular formula is C9H19NO2S. The summed E-state index contributed by atoms with van der Waals surface area (Å²) in [7, 11) is -1.65. The van der Waals surface area contributed by atoms with Crippen molar-refractivity contribution in [3.05, 3.63) is 12.0 Å². The Balaban J connectivity index is 4.32. The second-order valence-electron chi connectivity index (χ2n) is 3.71. The minimum absolute atomic E-state index is 0.361. The highest BCUT2D eigenvalue weighted by Gasteiger charge is 2.17. The summed E-state index contributed by atoms with van der Waals surface area (Å²) >= 11 is 0. The molecule has 0 aromatic heterocycles. The van der Waals surface area contributed by atoms with Gasteiger partial charge in [-0.25, -0.2) is 12.7 Å². The molecule has 1 atom stereocenters. The summed E-state index contributed by atoms with van der Waals surface area (Å²) in [6.45, 7) is 10.0. The summed E-state index contributed by atoms with van der Waals surface area (Å²) in [4.78, 5) is 0. The van der Waals surface area contributed by atoms with Gasteiger partial charge in [0.25, 0.3) is 0 Å². The standard InChI is InChI=1S/C9H19NO2S/c1-6-13(11,12)10(5)7-9(4)8(2)3/h6,8-9H,1,7H2,2-5H3/t9-/m0/s1. The zero-order valence-corrected chi connectivity index (χ0v) is 9.63. The van der Waals surface area contributed by atoms with Crippen LogP contribution >= 0.6 is 0 Å². The molecule has 0 heterocycles. The first-order valence-electron chi connectivity index (χ1n) is 4.40. The van der Waals surface area contributed by atoms with Crippen LogP contribution in [0.4, 0.5) is 0 Å². The molecule has 0 radical (unpaired) electrons. The van der Waals surface area contributed by atoms with Crippen molar-refractivity contribution in [2.24, 2.45) is 11.8 Å². The van der Waals surface area contributed by atoms with E-state index in [2.05, 4.69) is 20.4 Å². The third-order valence-corrected chi connectivity index (χ3v) is 3.77. The fourth-order valence-electron chi connectivity index (χ4n) is 0.848. The summed E-state index contributed by atoms with van der Waals surface area (Å²) in [5.74, 6) is 0.849. The lowest BCUT2D eigenvalue weighted by molar-refractivity contribution is 0.335. The summed E-state index contributed by atoms with van der Waals surface area (Å²) in [6, 6.07) is 0. The molecule has 0 spiro atoms. The van der Waals surface area contributed by atoms with E-state index >= 15 is 0 Å². The highest BCUT2D eigenvalue weighted by molar-refractivity contribution is 7.91. The van der Waals surface area contributed by atoms with Gasteiger partial charge in [0.1, 0.15) is 0 Å². The van der Waals surface area contributed by atoms with Crippen molar-refractivity contribution in [1.29, 1.82) is 0 Å². The predicted molar refractivity (Wildman–Crippen MR) is 55.7 cm³/mol. The van der Waals surface area contributed by atoms with Crippen molar-refractivity contribution in [2.45, 2.75) is 20.8 Å². The van der Waals surface area contributed by atoms with Crippen LogP contribution in [0.15, 0.2) is 12.0 Å². The Kier molecular flexibility index (Phi) is 4.64. The lowest BCUT2D eigenvalue weighted by Crippen LogP contribution is -2.31. The van der Waals surface area contributed by atoms with Crippen LogP contribution in [0.25, 0.3) is 0 Å². The first-order valence-corrected chi connectivity index (χ1v) is 5.90. The van der Waals surface area contributed by atoms with Crippen LogP contribution in [0, 0.1) is 11.8 Å². The zero-order chi connectivity index (χ0) is 10.6. The van der Waals surface area contributed by atoms with Crippen LogP contribution in [0.5, 0.6) is 0 Å². The van der Waals surface area contributed by atoms with E-state index in [0.29, 0.717) is 18.4 Å². The van der Waals surface area contributed by atoms with Gasteiger partial charge < -0.3 is 0 Å². The molecule has 13 heavy (non-hydrogen) atoms. The first-order chi connectivity index (χ1) is 5.81. The van der Waals surface area contributed by atoms with Gasteiger partial charge in [0, 0.05) is 19.0 Å². The molecule has 0 N–H and O–H groups in total. The molecule has 78 valence electrons. The Hall–Kier alpha value is -0.350. The lowest BCUT2D eigenvalue weighted by Gasteiger charge is -2.21. The average Bonchev–Trinajstić information content (AvgIpc) is 2.04. The van der Waals surface area contributed by atoms with Crippen molar-refractivity contribution in [3.63, 3.8) is 0 Å². The van der Waals surface area contributed by atoms with Gasteiger partial charge in [-0.3, -0.25) is 0 Å². The van der Waals surface area contributed by atoms with Gasteiger partial charge in [-0.05, 0) is 11.8 Å². The minimum atomic E-state index is -3.23. The molecule has 0 aliphatic heterocycles. The highest BCUT2D eigenvalue weighted by Crippen LogP contribution is 2.12. The molecule has 4 heteroatoms. The molecule has 0 aromatic carbocycles. The van der Waals surface area contributed by atoms with E-state index in [1.807, 2.05) is 6.92 Å². The summed E-state index contributed by atoms with van der Waals surface area (Å²) < 4.78 is 23.9. The predicted octanol–water partition coefficient (Wildman–Crippen LogP) is 1.68. The van der Waals surface area contributed by atoms with E-state index in [9.17, 15) is 8.42 Å². The molecule has 0 aliphatic carbocycles. The van der Waals surface area contributed by atoms with E-state index in [4.69, 9.17) is 0 Å². The van der Waals surface area contributed by atoms with Gasteiger partial charge >= 0.3 is 0 Å². The van der Waals surface area contributed by atoms with Crippen molar-refractivity contribution in [3.8, 4) is 0 Å². The van der Waals surface area contributed by atoms with Gasteiger partial charge in [-0.15, -0.1) is 0 Å². The molecule has 0 amide bonds. The molecule has 0 saturated heterocycles. The lowest BCUT2D eigenvalue weighted by atomic mass is 9.98. The second kappa shape index (κ2) is 4.77. The molecule has 0 aromatic rings. The van der Waals surface area contributed by atoms with Crippen molar-refractivity contribution in [1.82, 2.24) is 4.31 Å². The first kappa shape index (κ1) is 12.7. The van der Waals surface area contributed by atoms with Gasteiger partial charge in [-0.1, -0.05) is 27.4 Å². The summed E-state index contributed by atoms with van der Waals surface area (Å²) in [6.07, 6.45) is 0. The molecule has 0 saturated carbocycles. The number of nitrogens with zero attached hydrogens (tertiary/aromatic N) is 1. The molecule has 0 unspecified atom stereocenters. The number of hydrogen-bond donors (Lipinski definition) is 0. The monoisotopic (exact) mass is 205 g/mol. The van der Waals surface area contributed by atoms with E-state index in [1.54, 1.807) is 7.05 Å². The maximum Gasteiger partial charge on any atom is 0.235 e. The Bertz CT molecular complexity index is 257. The second-order valence-corrected chi connectivity index (χ2v) is 5.70. The van der Waals surface area contributed by atoms with Crippen molar-refractivity contribution >= 4 is 10.0 Å². The maximum absolute atomic E-state index is 11.3. The van der Waals surface area contributed by atoms with Crippen LogP contribution in [0.2, 0.25) is 0 Å². The third-order valence-electron chi connectivity index (χ3n) is 2.33. The SMILES string of the molecule is C=CS(=O)(=O)N(C)C[C@H](C)C(C)C. The quantitative estimate of drug-likeness (QED) is 0.685. The van der Waals surface area contributed by atoms with Crippen LogP contribution in [-0.2, 0) is 10.0 Å². The third kappa shape index (κ3) is 3.91.